The van der Waals surface area contributed by atoms with Crippen molar-refractivity contribution in [1.82, 2.24) is 5.32 Å². The van der Waals surface area contributed by atoms with Gasteiger partial charge in [0, 0.05) is 13.5 Å². The van der Waals surface area contributed by atoms with E-state index < -0.39 is 11.7 Å². The second-order valence-corrected chi connectivity index (χ2v) is 3.92. The fourth-order valence-corrected chi connectivity index (χ4v) is 1.56. The zero-order chi connectivity index (χ0) is 13.0. The first-order valence-electron chi connectivity index (χ1n) is 5.39. The molecule has 0 fully saturated rings. The number of ether oxygens (including phenoxy) is 1. The van der Waals surface area contributed by atoms with Crippen LogP contribution >= 0.6 is 0 Å². The van der Waals surface area contributed by atoms with E-state index in [4.69, 9.17) is 4.74 Å². The molecule has 0 bridgehead atoms. The quantitative estimate of drug-likeness (QED) is 0.805. The van der Waals surface area contributed by atoms with E-state index in [-0.39, 0.29) is 0 Å². The second kappa shape index (κ2) is 5.48. The maximum atomic E-state index is 11.2. The number of carbonyl (C=O) groups is 2. The zero-order valence-corrected chi connectivity index (χ0v) is 10.6. The van der Waals surface area contributed by atoms with E-state index >= 15 is 0 Å². The summed E-state index contributed by atoms with van der Waals surface area (Å²) in [5.74, 6) is -0.213. The summed E-state index contributed by atoms with van der Waals surface area (Å²) in [4.78, 5) is 21.9. The van der Waals surface area contributed by atoms with Crippen molar-refractivity contribution in [3.8, 4) is 5.75 Å². The number of ketones is 1. The van der Waals surface area contributed by atoms with E-state index in [0.717, 1.165) is 22.4 Å². The topological polar surface area (TPSA) is 55.4 Å². The van der Waals surface area contributed by atoms with Crippen molar-refractivity contribution in [2.24, 2.45) is 0 Å². The first-order chi connectivity index (χ1) is 7.97. The summed E-state index contributed by atoms with van der Waals surface area (Å²) in [7, 11) is 1.62. The molecule has 0 saturated carbocycles. The Bertz CT molecular complexity index is 452. The lowest BCUT2D eigenvalue weighted by molar-refractivity contribution is -0.136. The molecular weight excluding hydrogens is 218 g/mol. The van der Waals surface area contributed by atoms with Gasteiger partial charge in [0.05, 0.1) is 7.11 Å². The number of hydrogen-bond donors (Lipinski definition) is 1. The second-order valence-electron chi connectivity index (χ2n) is 3.92. The number of benzene rings is 1. The van der Waals surface area contributed by atoms with Crippen LogP contribution in [-0.4, -0.2) is 18.8 Å². The lowest BCUT2D eigenvalue weighted by atomic mass is 10.0. The molecule has 0 saturated heterocycles. The molecule has 0 aromatic heterocycles. The molecular formula is C13H17NO3. The van der Waals surface area contributed by atoms with E-state index in [0.29, 0.717) is 6.54 Å². The molecule has 0 spiro atoms. The van der Waals surface area contributed by atoms with Gasteiger partial charge < -0.3 is 10.1 Å². The molecule has 0 aliphatic heterocycles. The zero-order valence-electron chi connectivity index (χ0n) is 10.6. The number of methoxy groups -OCH3 is 1. The van der Waals surface area contributed by atoms with Crippen LogP contribution in [0.4, 0.5) is 0 Å². The van der Waals surface area contributed by atoms with Crippen molar-refractivity contribution in [3.63, 3.8) is 0 Å². The Morgan fingerprint density at radius 2 is 1.88 bits per heavy atom. The monoisotopic (exact) mass is 235 g/mol. The van der Waals surface area contributed by atoms with Gasteiger partial charge in [-0.1, -0.05) is 6.07 Å². The molecule has 0 heterocycles. The van der Waals surface area contributed by atoms with Crippen molar-refractivity contribution >= 4 is 11.7 Å². The maximum Gasteiger partial charge on any atom is 0.287 e. The standard InChI is InChI=1S/C13H17NO3/c1-8-9(2)12(17-4)6-5-11(8)7-14-13(16)10(3)15/h5-6H,7H2,1-4H3,(H,14,16). The number of hydrogen-bond acceptors (Lipinski definition) is 3. The van der Waals surface area contributed by atoms with Crippen LogP contribution in [-0.2, 0) is 16.1 Å². The Labute approximate surface area is 101 Å². The van der Waals surface area contributed by atoms with Gasteiger partial charge in [0.1, 0.15) is 5.75 Å². The van der Waals surface area contributed by atoms with Crippen LogP contribution in [0.25, 0.3) is 0 Å². The van der Waals surface area contributed by atoms with E-state index in [2.05, 4.69) is 5.32 Å². The third kappa shape index (κ3) is 3.06. The van der Waals surface area contributed by atoms with Gasteiger partial charge in [0.15, 0.2) is 0 Å². The smallest absolute Gasteiger partial charge is 0.287 e. The lowest BCUT2D eigenvalue weighted by Gasteiger charge is -2.12. The van der Waals surface area contributed by atoms with Gasteiger partial charge in [-0.05, 0) is 36.6 Å². The summed E-state index contributed by atoms with van der Waals surface area (Å²) >= 11 is 0. The van der Waals surface area contributed by atoms with Gasteiger partial charge in [0.25, 0.3) is 5.91 Å². The van der Waals surface area contributed by atoms with Gasteiger partial charge in [-0.3, -0.25) is 9.59 Å². The summed E-state index contributed by atoms with van der Waals surface area (Å²) in [5.41, 5.74) is 3.09. The predicted molar refractivity (Wildman–Crippen MR) is 65.0 cm³/mol. The number of amides is 1. The van der Waals surface area contributed by atoms with E-state index in [9.17, 15) is 9.59 Å². The Balaban J connectivity index is 2.83. The molecule has 1 N–H and O–H groups in total. The van der Waals surface area contributed by atoms with Gasteiger partial charge in [-0.15, -0.1) is 0 Å². The molecule has 0 aliphatic rings. The van der Waals surface area contributed by atoms with Crippen molar-refractivity contribution in [1.29, 1.82) is 0 Å². The minimum absolute atomic E-state index is 0.356. The number of Topliss-reactive ketones (excluding diaryl/α,β-unsaturated/α-hetero) is 1. The average molecular weight is 235 g/mol. The predicted octanol–water partition coefficient (Wildman–Crippen LogP) is 1.52. The molecule has 0 radical (unpaired) electrons. The molecule has 1 rings (SSSR count). The highest BCUT2D eigenvalue weighted by Crippen LogP contribution is 2.23. The molecule has 0 atom stereocenters. The molecule has 1 aromatic carbocycles. The van der Waals surface area contributed by atoms with Gasteiger partial charge in [-0.2, -0.15) is 0 Å². The van der Waals surface area contributed by atoms with Crippen LogP contribution in [0.1, 0.15) is 23.6 Å². The minimum atomic E-state index is -0.558. The molecule has 1 amide bonds. The van der Waals surface area contributed by atoms with Crippen LogP contribution in [0.15, 0.2) is 12.1 Å². The highest BCUT2D eigenvalue weighted by atomic mass is 16.5. The molecule has 0 aliphatic carbocycles. The van der Waals surface area contributed by atoms with Crippen LogP contribution in [0, 0.1) is 13.8 Å². The minimum Gasteiger partial charge on any atom is -0.496 e. The maximum absolute atomic E-state index is 11.2. The molecule has 17 heavy (non-hydrogen) atoms. The Morgan fingerprint density at radius 3 is 2.41 bits per heavy atom. The van der Waals surface area contributed by atoms with Crippen molar-refractivity contribution in [2.45, 2.75) is 27.3 Å². The SMILES string of the molecule is COc1ccc(CNC(=O)C(C)=O)c(C)c1C. The number of carbonyl (C=O) groups excluding carboxylic acids is 2. The summed E-state index contributed by atoms with van der Waals surface area (Å²) < 4.78 is 5.20. The van der Waals surface area contributed by atoms with Crippen LogP contribution in [0.2, 0.25) is 0 Å². The van der Waals surface area contributed by atoms with E-state index in [1.165, 1.54) is 6.92 Å². The van der Waals surface area contributed by atoms with Crippen molar-refractivity contribution in [2.75, 3.05) is 7.11 Å². The fraction of sp³-hybridized carbons (Fsp3) is 0.385. The van der Waals surface area contributed by atoms with Crippen LogP contribution in [0.3, 0.4) is 0 Å². The van der Waals surface area contributed by atoms with Gasteiger partial charge >= 0.3 is 0 Å². The first-order valence-corrected chi connectivity index (χ1v) is 5.39. The third-order valence-electron chi connectivity index (χ3n) is 2.83. The highest BCUT2D eigenvalue weighted by molar-refractivity contribution is 6.35. The van der Waals surface area contributed by atoms with E-state index in [1.807, 2.05) is 26.0 Å². The number of nitrogens with one attached hydrogen (secondary N) is 1. The van der Waals surface area contributed by atoms with Crippen molar-refractivity contribution < 1.29 is 14.3 Å². The van der Waals surface area contributed by atoms with Gasteiger partial charge in [-0.25, -0.2) is 0 Å². The highest BCUT2D eigenvalue weighted by Gasteiger charge is 2.10. The van der Waals surface area contributed by atoms with E-state index in [1.54, 1.807) is 7.11 Å². The van der Waals surface area contributed by atoms with Gasteiger partial charge in [0.2, 0.25) is 5.78 Å². The summed E-state index contributed by atoms with van der Waals surface area (Å²) in [6, 6.07) is 3.75. The lowest BCUT2D eigenvalue weighted by Crippen LogP contribution is -2.28. The summed E-state index contributed by atoms with van der Waals surface area (Å²) in [6.45, 7) is 5.54. The summed E-state index contributed by atoms with van der Waals surface area (Å²) in [6.07, 6.45) is 0. The number of rotatable bonds is 4. The fourth-order valence-electron chi connectivity index (χ4n) is 1.56. The molecule has 1 aromatic rings. The largest absolute Gasteiger partial charge is 0.496 e. The Morgan fingerprint density at radius 1 is 1.24 bits per heavy atom. The first kappa shape index (κ1) is 13.2. The van der Waals surface area contributed by atoms with Crippen LogP contribution < -0.4 is 10.1 Å². The third-order valence-corrected chi connectivity index (χ3v) is 2.83. The summed E-state index contributed by atoms with van der Waals surface area (Å²) in [5, 5.41) is 2.57. The molecule has 4 nitrogen and oxygen atoms in total. The van der Waals surface area contributed by atoms with Crippen molar-refractivity contribution in [3.05, 3.63) is 28.8 Å². The Hall–Kier alpha value is -1.84. The normalized spacial score (nSPS) is 9.88. The average Bonchev–Trinajstić information content (AvgIpc) is 2.30. The molecule has 92 valence electrons. The Kier molecular flexibility index (Phi) is 4.26. The molecule has 0 unspecified atom stereocenters. The molecule has 4 heteroatoms. The van der Waals surface area contributed by atoms with Crippen LogP contribution in [0.5, 0.6) is 5.75 Å².